The Morgan fingerprint density at radius 1 is 1.29 bits per heavy atom. The van der Waals surface area contributed by atoms with Crippen molar-refractivity contribution in [1.82, 2.24) is 5.06 Å². The third-order valence-corrected chi connectivity index (χ3v) is 4.19. The van der Waals surface area contributed by atoms with Gasteiger partial charge in [0.2, 0.25) is 0 Å². The van der Waals surface area contributed by atoms with Gasteiger partial charge in [-0.05, 0) is 0 Å². The van der Waals surface area contributed by atoms with E-state index in [1.165, 1.54) is 5.06 Å². The Hall–Kier alpha value is -0.210. The first kappa shape index (κ1) is 10.3. The van der Waals surface area contributed by atoms with Crippen LogP contribution in [-0.2, 0) is 14.7 Å². The molecule has 7 heteroatoms. The highest BCUT2D eigenvalue weighted by atomic mass is 32.2. The zero-order valence-corrected chi connectivity index (χ0v) is 8.35. The number of hydrogen-bond acceptors (Lipinski definition) is 6. The first-order chi connectivity index (χ1) is 6.48. The van der Waals surface area contributed by atoms with Gasteiger partial charge in [0.05, 0.1) is 42.9 Å². The smallest absolute Gasteiger partial charge is 0.154 e. The molecule has 2 heterocycles. The summed E-state index contributed by atoms with van der Waals surface area (Å²) in [5, 5.41) is 20.0. The summed E-state index contributed by atoms with van der Waals surface area (Å²) in [7, 11) is -3.15. The van der Waals surface area contributed by atoms with Gasteiger partial charge < -0.3 is 10.2 Å². The zero-order chi connectivity index (χ0) is 10.3. The van der Waals surface area contributed by atoms with Crippen LogP contribution in [0.1, 0.15) is 0 Å². The fourth-order valence-electron chi connectivity index (χ4n) is 1.81. The summed E-state index contributed by atoms with van der Waals surface area (Å²) in [6, 6.07) is -0.530. The van der Waals surface area contributed by atoms with Gasteiger partial charge in [0.1, 0.15) is 0 Å². The minimum atomic E-state index is -3.15. The summed E-state index contributed by atoms with van der Waals surface area (Å²) in [5.41, 5.74) is 0. The highest BCUT2D eigenvalue weighted by molar-refractivity contribution is 7.91. The number of aliphatic hydroxyl groups excluding tert-OH is 2. The molecule has 0 radical (unpaired) electrons. The Morgan fingerprint density at radius 3 is 2.43 bits per heavy atom. The monoisotopic (exact) mass is 223 g/mol. The van der Waals surface area contributed by atoms with Crippen molar-refractivity contribution in [1.29, 1.82) is 0 Å². The zero-order valence-electron chi connectivity index (χ0n) is 7.54. The minimum Gasteiger partial charge on any atom is -0.390 e. The highest BCUT2D eigenvalue weighted by Gasteiger charge is 2.43. The van der Waals surface area contributed by atoms with E-state index in [9.17, 15) is 18.6 Å². The molecule has 2 unspecified atom stereocenters. The first-order valence-corrected chi connectivity index (χ1v) is 6.26. The lowest BCUT2D eigenvalue weighted by molar-refractivity contribution is -0.154. The molecule has 0 saturated carbocycles. The second kappa shape index (κ2) is 3.42. The van der Waals surface area contributed by atoms with Gasteiger partial charge in [-0.15, -0.1) is 0 Å². The predicted molar refractivity (Wildman–Crippen MR) is 47.1 cm³/mol. The van der Waals surface area contributed by atoms with Crippen LogP contribution in [0.25, 0.3) is 0 Å². The van der Waals surface area contributed by atoms with E-state index in [2.05, 4.69) is 0 Å². The lowest BCUT2D eigenvalue weighted by atomic mass is 10.2. The molecule has 0 aromatic carbocycles. The van der Waals surface area contributed by atoms with Crippen LogP contribution in [0.15, 0.2) is 0 Å². The van der Waals surface area contributed by atoms with E-state index in [0.717, 1.165) is 0 Å². The van der Waals surface area contributed by atoms with Gasteiger partial charge in [0, 0.05) is 0 Å². The van der Waals surface area contributed by atoms with Gasteiger partial charge in [0.15, 0.2) is 9.84 Å². The van der Waals surface area contributed by atoms with Crippen molar-refractivity contribution < 1.29 is 23.5 Å². The number of hydrogen-bond donors (Lipinski definition) is 2. The second-order valence-corrected chi connectivity index (χ2v) is 5.91. The molecule has 2 saturated heterocycles. The van der Waals surface area contributed by atoms with Crippen LogP contribution in [0, 0.1) is 0 Å². The van der Waals surface area contributed by atoms with Crippen LogP contribution >= 0.6 is 0 Å². The van der Waals surface area contributed by atoms with E-state index in [1.54, 1.807) is 0 Å². The van der Waals surface area contributed by atoms with E-state index in [1.807, 2.05) is 0 Å². The molecule has 0 spiro atoms. The number of aliphatic hydroxyl groups is 2. The largest absolute Gasteiger partial charge is 0.390 e. The maximum Gasteiger partial charge on any atom is 0.154 e. The summed E-state index contributed by atoms with van der Waals surface area (Å²) < 4.78 is 22.4. The third-order valence-electron chi connectivity index (χ3n) is 2.49. The van der Waals surface area contributed by atoms with E-state index in [-0.39, 0.29) is 24.7 Å². The number of hydroxylamine groups is 2. The Bertz CT molecular complexity index is 316. The molecule has 82 valence electrons. The SMILES string of the molecule is O=S1(=O)CC(O)C(N2C[C@H](O)CO2)C1. The highest BCUT2D eigenvalue weighted by Crippen LogP contribution is 2.21. The molecule has 6 nitrogen and oxygen atoms in total. The first-order valence-electron chi connectivity index (χ1n) is 4.44. The van der Waals surface area contributed by atoms with Crippen molar-refractivity contribution in [2.24, 2.45) is 0 Å². The van der Waals surface area contributed by atoms with Crippen LogP contribution in [-0.4, -0.2) is 66.6 Å². The molecule has 0 aliphatic carbocycles. The van der Waals surface area contributed by atoms with Crippen molar-refractivity contribution >= 4 is 9.84 Å². The molecule has 0 amide bonds. The Morgan fingerprint density at radius 2 is 2.00 bits per heavy atom. The Balaban J connectivity index is 2.06. The standard InChI is InChI=1S/C7H13NO5S/c9-5-1-8(13-2-5)6-3-14(11,12)4-7(6)10/h5-7,9-10H,1-4H2/t5-,6?,7?/m0/s1. The van der Waals surface area contributed by atoms with Gasteiger partial charge in [-0.1, -0.05) is 0 Å². The lowest BCUT2D eigenvalue weighted by Crippen LogP contribution is -2.41. The molecule has 0 aromatic heterocycles. The van der Waals surface area contributed by atoms with Gasteiger partial charge in [-0.2, -0.15) is 5.06 Å². The van der Waals surface area contributed by atoms with Crippen LogP contribution in [0.3, 0.4) is 0 Å². The van der Waals surface area contributed by atoms with E-state index >= 15 is 0 Å². The summed E-state index contributed by atoms with van der Waals surface area (Å²) in [4.78, 5) is 5.07. The quantitative estimate of drug-likeness (QED) is 0.522. The molecule has 2 N–H and O–H groups in total. The van der Waals surface area contributed by atoms with E-state index < -0.39 is 28.1 Å². The molecule has 0 aromatic rings. The summed E-state index contributed by atoms with van der Waals surface area (Å²) >= 11 is 0. The predicted octanol–water partition coefficient (Wildman–Crippen LogP) is -2.25. The normalized spacial score (nSPS) is 43.1. The van der Waals surface area contributed by atoms with Gasteiger partial charge in [-0.3, -0.25) is 4.84 Å². The molecule has 14 heavy (non-hydrogen) atoms. The molecule has 3 atom stereocenters. The fourth-order valence-corrected chi connectivity index (χ4v) is 3.60. The van der Waals surface area contributed by atoms with Crippen LogP contribution in [0.2, 0.25) is 0 Å². The van der Waals surface area contributed by atoms with Crippen molar-refractivity contribution in [3.8, 4) is 0 Å². The molecule has 2 fully saturated rings. The Kier molecular flexibility index (Phi) is 2.52. The Labute approximate surface area is 82.0 Å². The topological polar surface area (TPSA) is 87.1 Å². The summed E-state index contributed by atoms with van der Waals surface area (Å²) in [5.74, 6) is -0.311. The van der Waals surface area contributed by atoms with Crippen molar-refractivity contribution in [3.05, 3.63) is 0 Å². The maximum atomic E-state index is 11.2. The number of nitrogens with zero attached hydrogens (tertiary/aromatic N) is 1. The van der Waals surface area contributed by atoms with Gasteiger partial charge >= 0.3 is 0 Å². The van der Waals surface area contributed by atoms with E-state index in [0.29, 0.717) is 0 Å². The fraction of sp³-hybridized carbons (Fsp3) is 1.00. The lowest BCUT2D eigenvalue weighted by Gasteiger charge is -2.22. The number of sulfone groups is 1. The van der Waals surface area contributed by atoms with Crippen LogP contribution in [0.4, 0.5) is 0 Å². The van der Waals surface area contributed by atoms with E-state index in [4.69, 9.17) is 4.84 Å². The molecule has 2 aliphatic heterocycles. The number of rotatable bonds is 1. The minimum absolute atomic E-state index is 0.0963. The molecular weight excluding hydrogens is 210 g/mol. The maximum absolute atomic E-state index is 11.2. The van der Waals surface area contributed by atoms with Crippen molar-refractivity contribution in [2.75, 3.05) is 24.7 Å². The molecule has 2 rings (SSSR count). The summed E-state index contributed by atoms with van der Waals surface area (Å²) in [6.45, 7) is 0.431. The number of β-amino-alcohol motifs (C(OH)–C–C–N with tert-alkyl or cyclic N) is 1. The average molecular weight is 223 g/mol. The average Bonchev–Trinajstić information content (AvgIpc) is 2.55. The van der Waals surface area contributed by atoms with Crippen molar-refractivity contribution in [3.63, 3.8) is 0 Å². The molecular formula is C7H13NO5S. The van der Waals surface area contributed by atoms with Crippen LogP contribution in [0.5, 0.6) is 0 Å². The van der Waals surface area contributed by atoms with Crippen molar-refractivity contribution in [2.45, 2.75) is 18.2 Å². The van der Waals surface area contributed by atoms with Crippen LogP contribution < -0.4 is 0 Å². The summed E-state index contributed by atoms with van der Waals surface area (Å²) in [6.07, 6.45) is -1.50. The van der Waals surface area contributed by atoms with Gasteiger partial charge in [-0.25, -0.2) is 8.42 Å². The molecule has 0 bridgehead atoms. The third kappa shape index (κ3) is 1.91. The molecule has 2 aliphatic rings. The van der Waals surface area contributed by atoms with Gasteiger partial charge in [0.25, 0.3) is 0 Å². The second-order valence-electron chi connectivity index (χ2n) is 3.76.